The van der Waals surface area contributed by atoms with Crippen LogP contribution in [0.25, 0.3) is 0 Å². The molecule has 1 N–H and O–H groups in total. The fraction of sp³-hybridized carbons (Fsp3) is 0.286. The number of aromatic nitrogens is 2. The van der Waals surface area contributed by atoms with Crippen LogP contribution in [0.1, 0.15) is 30.2 Å². The number of carbonyl (C=O) groups is 1. The van der Waals surface area contributed by atoms with Crippen molar-refractivity contribution in [3.05, 3.63) is 40.7 Å². The zero-order valence-corrected chi connectivity index (χ0v) is 13.7. The molecule has 0 aliphatic rings. The fourth-order valence-corrected chi connectivity index (χ4v) is 2.14. The largest absolute Gasteiger partial charge is 0.459 e. The smallest absolute Gasteiger partial charge is 0.305 e. The SMILES string of the molecule is CC(C)CN(NC(=O)c1ccco1)c1nc(C#N)ncc1Br. The van der Waals surface area contributed by atoms with Crippen LogP contribution < -0.4 is 10.4 Å². The van der Waals surface area contributed by atoms with Crippen LogP contribution in [0.15, 0.2) is 33.5 Å². The molecule has 0 radical (unpaired) electrons. The standard InChI is InChI=1S/C14H14BrN5O2/c1-9(2)8-20(19-14(21)11-4-3-5-22-11)13-10(15)7-17-12(6-16)18-13/h3-5,7,9H,8H2,1-2H3,(H,19,21). The minimum absolute atomic E-state index is 0.0270. The summed E-state index contributed by atoms with van der Waals surface area (Å²) < 4.78 is 5.65. The first-order valence-corrected chi connectivity index (χ1v) is 7.35. The molecule has 0 unspecified atom stereocenters. The molecule has 2 rings (SSSR count). The van der Waals surface area contributed by atoms with Crippen LogP contribution in [0.5, 0.6) is 0 Å². The molecule has 1 amide bonds. The van der Waals surface area contributed by atoms with Gasteiger partial charge in [0.25, 0.3) is 0 Å². The Morgan fingerprint density at radius 1 is 1.59 bits per heavy atom. The van der Waals surface area contributed by atoms with E-state index in [0.29, 0.717) is 16.8 Å². The maximum absolute atomic E-state index is 12.2. The first-order valence-electron chi connectivity index (χ1n) is 6.56. The second-order valence-electron chi connectivity index (χ2n) is 4.90. The van der Waals surface area contributed by atoms with Crippen molar-refractivity contribution < 1.29 is 9.21 Å². The van der Waals surface area contributed by atoms with Gasteiger partial charge in [-0.25, -0.2) is 4.98 Å². The van der Waals surface area contributed by atoms with Gasteiger partial charge in [-0.1, -0.05) is 13.8 Å². The maximum Gasteiger partial charge on any atom is 0.305 e. The summed E-state index contributed by atoms with van der Waals surface area (Å²) in [6.07, 6.45) is 2.91. The van der Waals surface area contributed by atoms with E-state index in [1.54, 1.807) is 17.1 Å². The summed E-state index contributed by atoms with van der Waals surface area (Å²) in [4.78, 5) is 20.2. The average Bonchev–Trinajstić information content (AvgIpc) is 3.01. The lowest BCUT2D eigenvalue weighted by molar-refractivity contribution is 0.0919. The van der Waals surface area contributed by atoms with Crippen molar-refractivity contribution in [2.45, 2.75) is 13.8 Å². The maximum atomic E-state index is 12.2. The van der Waals surface area contributed by atoms with Crippen LogP contribution in [0, 0.1) is 17.2 Å². The van der Waals surface area contributed by atoms with Gasteiger partial charge in [-0.3, -0.25) is 15.2 Å². The normalized spacial score (nSPS) is 10.3. The van der Waals surface area contributed by atoms with Crippen molar-refractivity contribution in [2.75, 3.05) is 11.6 Å². The topological polar surface area (TPSA) is 95.0 Å². The first kappa shape index (κ1) is 16.0. The summed E-state index contributed by atoms with van der Waals surface area (Å²) in [6, 6.07) is 5.09. The number of hydrazine groups is 1. The summed E-state index contributed by atoms with van der Waals surface area (Å²) in [5, 5.41) is 10.5. The van der Waals surface area contributed by atoms with E-state index in [1.807, 2.05) is 19.9 Å². The van der Waals surface area contributed by atoms with Crippen LogP contribution in [-0.2, 0) is 0 Å². The molecule has 2 aromatic rings. The molecule has 0 saturated heterocycles. The van der Waals surface area contributed by atoms with Crippen molar-refractivity contribution >= 4 is 27.7 Å². The number of anilines is 1. The van der Waals surface area contributed by atoms with Gasteiger partial charge in [0.1, 0.15) is 6.07 Å². The lowest BCUT2D eigenvalue weighted by Crippen LogP contribution is -2.45. The molecule has 8 heteroatoms. The van der Waals surface area contributed by atoms with E-state index in [2.05, 4.69) is 31.3 Å². The van der Waals surface area contributed by atoms with Gasteiger partial charge in [0, 0.05) is 12.7 Å². The Labute approximate surface area is 136 Å². The first-order chi connectivity index (χ1) is 10.5. The molecule has 0 aliphatic carbocycles. The Balaban J connectivity index is 2.30. The van der Waals surface area contributed by atoms with E-state index in [1.165, 1.54) is 12.5 Å². The number of nitrogens with zero attached hydrogens (tertiary/aromatic N) is 4. The van der Waals surface area contributed by atoms with Gasteiger partial charge in [-0.2, -0.15) is 10.2 Å². The van der Waals surface area contributed by atoms with Crippen LogP contribution in [0.4, 0.5) is 5.82 Å². The van der Waals surface area contributed by atoms with E-state index in [4.69, 9.17) is 9.68 Å². The van der Waals surface area contributed by atoms with Gasteiger partial charge >= 0.3 is 5.91 Å². The highest BCUT2D eigenvalue weighted by Crippen LogP contribution is 2.22. The highest BCUT2D eigenvalue weighted by Gasteiger charge is 2.19. The molecular formula is C14H14BrN5O2. The number of nitriles is 1. The monoisotopic (exact) mass is 363 g/mol. The van der Waals surface area contributed by atoms with Crippen molar-refractivity contribution in [2.24, 2.45) is 5.92 Å². The molecule has 7 nitrogen and oxygen atoms in total. The number of halogens is 1. The van der Waals surface area contributed by atoms with Crippen LogP contribution in [0.2, 0.25) is 0 Å². The Morgan fingerprint density at radius 2 is 2.36 bits per heavy atom. The van der Waals surface area contributed by atoms with E-state index < -0.39 is 5.91 Å². The molecule has 2 heterocycles. The predicted octanol–water partition coefficient (Wildman–Crippen LogP) is 2.51. The number of carbonyl (C=O) groups excluding carboxylic acids is 1. The number of amides is 1. The number of rotatable bonds is 5. The van der Waals surface area contributed by atoms with Gasteiger partial charge in [0.15, 0.2) is 11.6 Å². The number of hydrogen-bond acceptors (Lipinski definition) is 6. The van der Waals surface area contributed by atoms with Crippen LogP contribution >= 0.6 is 15.9 Å². The van der Waals surface area contributed by atoms with Crippen molar-refractivity contribution in [3.8, 4) is 6.07 Å². The molecule has 114 valence electrons. The molecular weight excluding hydrogens is 350 g/mol. The number of furan rings is 1. The molecule has 0 spiro atoms. The van der Waals surface area contributed by atoms with E-state index >= 15 is 0 Å². The third-order valence-corrected chi connectivity index (χ3v) is 3.17. The second-order valence-corrected chi connectivity index (χ2v) is 5.75. The molecule has 0 bridgehead atoms. The molecule has 22 heavy (non-hydrogen) atoms. The molecule has 2 aromatic heterocycles. The van der Waals surface area contributed by atoms with Gasteiger partial charge in [-0.05, 0) is 34.0 Å². The molecule has 0 aromatic carbocycles. The number of hydrogen-bond donors (Lipinski definition) is 1. The lowest BCUT2D eigenvalue weighted by atomic mass is 10.2. The van der Waals surface area contributed by atoms with Crippen molar-refractivity contribution in [3.63, 3.8) is 0 Å². The Morgan fingerprint density at radius 3 is 2.95 bits per heavy atom. The van der Waals surface area contributed by atoms with Gasteiger partial charge in [-0.15, -0.1) is 0 Å². The highest BCUT2D eigenvalue weighted by molar-refractivity contribution is 9.10. The average molecular weight is 364 g/mol. The quantitative estimate of drug-likeness (QED) is 0.820. The third-order valence-electron chi connectivity index (χ3n) is 2.61. The minimum Gasteiger partial charge on any atom is -0.459 e. The van der Waals surface area contributed by atoms with E-state index in [-0.39, 0.29) is 17.5 Å². The zero-order valence-electron chi connectivity index (χ0n) is 12.1. The molecule has 0 saturated carbocycles. The van der Waals surface area contributed by atoms with Crippen molar-refractivity contribution in [1.29, 1.82) is 5.26 Å². The van der Waals surface area contributed by atoms with Gasteiger partial charge in [0.2, 0.25) is 5.82 Å². The fourth-order valence-electron chi connectivity index (χ4n) is 1.74. The van der Waals surface area contributed by atoms with Crippen molar-refractivity contribution in [1.82, 2.24) is 15.4 Å². The molecule has 0 atom stereocenters. The predicted molar refractivity (Wildman–Crippen MR) is 82.8 cm³/mol. The summed E-state index contributed by atoms with van der Waals surface area (Å²) in [5.74, 6) is 0.498. The van der Waals surface area contributed by atoms with E-state index in [0.717, 1.165) is 0 Å². The van der Waals surface area contributed by atoms with Crippen LogP contribution in [0.3, 0.4) is 0 Å². The zero-order chi connectivity index (χ0) is 16.1. The summed E-state index contributed by atoms with van der Waals surface area (Å²) in [6.45, 7) is 4.52. The third kappa shape index (κ3) is 3.83. The Bertz CT molecular complexity index is 694. The van der Waals surface area contributed by atoms with Gasteiger partial charge < -0.3 is 4.42 Å². The number of nitrogens with one attached hydrogen (secondary N) is 1. The molecule has 0 aliphatic heterocycles. The molecule has 0 fully saturated rings. The minimum atomic E-state index is -0.394. The Kier molecular flexibility index (Phi) is 5.12. The highest BCUT2D eigenvalue weighted by atomic mass is 79.9. The summed E-state index contributed by atoms with van der Waals surface area (Å²) in [5.41, 5.74) is 2.73. The van der Waals surface area contributed by atoms with Gasteiger partial charge in [0.05, 0.1) is 10.7 Å². The summed E-state index contributed by atoms with van der Waals surface area (Å²) in [7, 11) is 0. The summed E-state index contributed by atoms with van der Waals surface area (Å²) >= 11 is 3.34. The van der Waals surface area contributed by atoms with Crippen LogP contribution in [-0.4, -0.2) is 22.4 Å². The van der Waals surface area contributed by atoms with E-state index in [9.17, 15) is 4.79 Å². The Hall–Kier alpha value is -2.40. The second kappa shape index (κ2) is 7.04. The lowest BCUT2D eigenvalue weighted by Gasteiger charge is -2.26.